The molecule has 32 heavy (non-hydrogen) atoms. The highest BCUT2D eigenvalue weighted by Crippen LogP contribution is 2.37. The van der Waals surface area contributed by atoms with Crippen molar-refractivity contribution in [2.45, 2.75) is 69.5 Å². The third-order valence-electron chi connectivity index (χ3n) is 6.82. The lowest BCUT2D eigenvalue weighted by atomic mass is 9.78. The van der Waals surface area contributed by atoms with Gasteiger partial charge in [0.25, 0.3) is 5.91 Å². The van der Waals surface area contributed by atoms with Gasteiger partial charge in [-0.3, -0.25) is 9.59 Å². The number of halogens is 3. The predicted octanol–water partition coefficient (Wildman–Crippen LogP) is 1.54. The van der Waals surface area contributed by atoms with Gasteiger partial charge in [0.1, 0.15) is 0 Å². The number of hydrogen-bond donors (Lipinski definition) is 2. The molecule has 2 heterocycles. The summed E-state index contributed by atoms with van der Waals surface area (Å²) in [5.41, 5.74) is 0.130. The third-order valence-corrected chi connectivity index (χ3v) is 6.82. The standard InChI is InChI=1S/C21H26BF3N2O5/c1-18(2)19(3,4)32-22(31-18)13-6-7-14-12(9-13)5-8-15(14)26-16(28)20(10-30-11-20)27-17(29)21(23,24)25/h6-7,9,15H,5,8,10-11H2,1-4H3,(H,26,28)(H,27,29)/t15-/m0/s1. The summed E-state index contributed by atoms with van der Waals surface area (Å²) in [5.74, 6) is -2.84. The van der Waals surface area contributed by atoms with Crippen LogP contribution < -0.4 is 16.1 Å². The second kappa shape index (κ2) is 7.46. The van der Waals surface area contributed by atoms with Crippen LogP contribution in [0.4, 0.5) is 13.2 Å². The second-order valence-corrected chi connectivity index (χ2v) is 9.64. The van der Waals surface area contributed by atoms with E-state index in [4.69, 9.17) is 14.0 Å². The molecule has 2 aliphatic heterocycles. The Labute approximate surface area is 184 Å². The van der Waals surface area contributed by atoms with Crippen molar-refractivity contribution in [2.24, 2.45) is 0 Å². The summed E-state index contributed by atoms with van der Waals surface area (Å²) in [4.78, 5) is 24.2. The second-order valence-electron chi connectivity index (χ2n) is 9.64. The quantitative estimate of drug-likeness (QED) is 0.675. The number of rotatable bonds is 4. The highest BCUT2D eigenvalue weighted by Gasteiger charge is 2.53. The van der Waals surface area contributed by atoms with Gasteiger partial charge in [-0.25, -0.2) is 0 Å². The molecule has 4 rings (SSSR count). The van der Waals surface area contributed by atoms with Gasteiger partial charge in [0, 0.05) is 0 Å². The minimum atomic E-state index is -5.08. The molecule has 0 aromatic heterocycles. The number of carbonyl (C=O) groups excluding carboxylic acids is 2. The summed E-state index contributed by atoms with van der Waals surface area (Å²) >= 11 is 0. The van der Waals surface area contributed by atoms with E-state index in [1.54, 1.807) is 5.32 Å². The molecule has 7 nitrogen and oxygen atoms in total. The zero-order chi connectivity index (χ0) is 23.5. The fraction of sp³-hybridized carbons (Fsp3) is 0.619. The Bertz CT molecular complexity index is 930. The first-order valence-electron chi connectivity index (χ1n) is 10.5. The Morgan fingerprint density at radius 1 is 1.09 bits per heavy atom. The van der Waals surface area contributed by atoms with Gasteiger partial charge in [-0.2, -0.15) is 13.2 Å². The van der Waals surface area contributed by atoms with Gasteiger partial charge in [0.15, 0.2) is 5.54 Å². The van der Waals surface area contributed by atoms with E-state index in [0.29, 0.717) is 12.8 Å². The number of alkyl halides is 3. The molecular formula is C21H26BF3N2O5. The van der Waals surface area contributed by atoms with Crippen molar-refractivity contribution in [1.29, 1.82) is 0 Å². The Kier molecular flexibility index (Phi) is 5.38. The lowest BCUT2D eigenvalue weighted by Crippen LogP contribution is -2.71. The molecule has 11 heteroatoms. The number of fused-ring (bicyclic) bond motifs is 1. The molecule has 2 N–H and O–H groups in total. The van der Waals surface area contributed by atoms with Crippen LogP contribution in [0.2, 0.25) is 0 Å². The number of nitrogens with one attached hydrogen (secondary N) is 2. The van der Waals surface area contributed by atoms with E-state index in [0.717, 1.165) is 16.6 Å². The average Bonchev–Trinajstić information content (AvgIpc) is 3.13. The first-order chi connectivity index (χ1) is 14.7. The largest absolute Gasteiger partial charge is 0.494 e. The Morgan fingerprint density at radius 3 is 2.25 bits per heavy atom. The minimum Gasteiger partial charge on any atom is -0.399 e. The molecule has 2 fully saturated rings. The highest BCUT2D eigenvalue weighted by atomic mass is 19.4. The van der Waals surface area contributed by atoms with Crippen molar-refractivity contribution >= 4 is 24.4 Å². The van der Waals surface area contributed by atoms with Crippen LogP contribution in [-0.4, -0.2) is 55.1 Å². The smallest absolute Gasteiger partial charge is 0.399 e. The molecule has 0 bridgehead atoms. The normalized spacial score (nSPS) is 25.1. The van der Waals surface area contributed by atoms with Crippen molar-refractivity contribution < 1.29 is 36.8 Å². The Hall–Kier alpha value is -2.11. The molecule has 1 atom stereocenters. The van der Waals surface area contributed by atoms with Gasteiger partial charge >= 0.3 is 19.2 Å². The Morgan fingerprint density at radius 2 is 1.72 bits per heavy atom. The summed E-state index contributed by atoms with van der Waals surface area (Å²) in [7, 11) is -0.507. The molecule has 2 amide bonds. The predicted molar refractivity (Wildman–Crippen MR) is 109 cm³/mol. The number of ether oxygens (including phenoxy) is 1. The van der Waals surface area contributed by atoms with Crippen molar-refractivity contribution in [3.63, 3.8) is 0 Å². The molecule has 1 aliphatic carbocycles. The van der Waals surface area contributed by atoms with Crippen LogP contribution in [0.5, 0.6) is 0 Å². The summed E-state index contributed by atoms with van der Waals surface area (Å²) in [6.45, 7) is 7.29. The lowest BCUT2D eigenvalue weighted by Gasteiger charge is -2.41. The molecule has 0 saturated carbocycles. The number of hydrogen-bond acceptors (Lipinski definition) is 5. The maximum atomic E-state index is 12.8. The zero-order valence-corrected chi connectivity index (χ0v) is 18.4. The minimum absolute atomic E-state index is 0.304. The van der Waals surface area contributed by atoms with Crippen LogP contribution in [0.15, 0.2) is 18.2 Å². The van der Waals surface area contributed by atoms with Crippen LogP contribution in [0.1, 0.15) is 51.3 Å². The lowest BCUT2D eigenvalue weighted by molar-refractivity contribution is -0.184. The van der Waals surface area contributed by atoms with E-state index >= 15 is 0 Å². The molecule has 0 radical (unpaired) electrons. The molecule has 3 aliphatic rings. The maximum absolute atomic E-state index is 12.8. The van der Waals surface area contributed by atoms with E-state index in [2.05, 4.69) is 5.32 Å². The van der Waals surface area contributed by atoms with E-state index < -0.39 is 41.9 Å². The average molecular weight is 454 g/mol. The first-order valence-corrected chi connectivity index (χ1v) is 10.5. The zero-order valence-electron chi connectivity index (χ0n) is 18.4. The molecule has 2 saturated heterocycles. The van der Waals surface area contributed by atoms with Crippen LogP contribution in [0.25, 0.3) is 0 Å². The van der Waals surface area contributed by atoms with Crippen LogP contribution >= 0.6 is 0 Å². The van der Waals surface area contributed by atoms with Crippen LogP contribution in [0.3, 0.4) is 0 Å². The number of carbonyl (C=O) groups is 2. The fourth-order valence-electron chi connectivity index (χ4n) is 4.06. The molecule has 0 spiro atoms. The monoisotopic (exact) mass is 454 g/mol. The number of aryl methyl sites for hydroxylation is 1. The van der Waals surface area contributed by atoms with Crippen molar-refractivity contribution in [3.8, 4) is 0 Å². The van der Waals surface area contributed by atoms with Crippen molar-refractivity contribution in [2.75, 3.05) is 13.2 Å². The molecule has 174 valence electrons. The van der Waals surface area contributed by atoms with E-state index in [-0.39, 0.29) is 19.3 Å². The fourth-order valence-corrected chi connectivity index (χ4v) is 4.06. The summed E-state index contributed by atoms with van der Waals surface area (Å²) in [6, 6.07) is 5.37. The molecule has 1 aromatic carbocycles. The highest BCUT2D eigenvalue weighted by molar-refractivity contribution is 6.62. The van der Waals surface area contributed by atoms with Gasteiger partial charge < -0.3 is 24.7 Å². The molecule has 1 aromatic rings. The van der Waals surface area contributed by atoms with Gasteiger partial charge in [-0.15, -0.1) is 0 Å². The number of benzene rings is 1. The maximum Gasteiger partial charge on any atom is 0.494 e. The van der Waals surface area contributed by atoms with Gasteiger partial charge in [-0.05, 0) is 57.1 Å². The number of amides is 2. The van der Waals surface area contributed by atoms with Crippen LogP contribution in [0, 0.1) is 0 Å². The molecular weight excluding hydrogens is 428 g/mol. The van der Waals surface area contributed by atoms with E-state index in [9.17, 15) is 22.8 Å². The third kappa shape index (κ3) is 3.90. The SMILES string of the molecule is CC1(C)OB(c2ccc3c(c2)CC[C@@H]3NC(=O)C2(NC(=O)C(F)(F)F)COC2)OC1(C)C. The Balaban J connectivity index is 1.46. The summed E-state index contributed by atoms with van der Waals surface area (Å²) in [6.07, 6.45) is -3.79. The summed E-state index contributed by atoms with van der Waals surface area (Å²) in [5, 5.41) is 4.58. The van der Waals surface area contributed by atoms with Crippen molar-refractivity contribution in [3.05, 3.63) is 29.3 Å². The van der Waals surface area contributed by atoms with Gasteiger partial charge in [0.05, 0.1) is 30.5 Å². The van der Waals surface area contributed by atoms with E-state index in [1.165, 1.54) is 0 Å². The van der Waals surface area contributed by atoms with Crippen LogP contribution in [-0.2, 0) is 30.1 Å². The van der Waals surface area contributed by atoms with Gasteiger partial charge in [0.2, 0.25) is 0 Å². The summed E-state index contributed by atoms with van der Waals surface area (Å²) < 4.78 is 55.1. The van der Waals surface area contributed by atoms with E-state index in [1.807, 2.05) is 45.9 Å². The van der Waals surface area contributed by atoms with Crippen molar-refractivity contribution in [1.82, 2.24) is 10.6 Å². The van der Waals surface area contributed by atoms with Gasteiger partial charge in [-0.1, -0.05) is 18.2 Å². The topological polar surface area (TPSA) is 85.9 Å². The molecule has 0 unspecified atom stereocenters. The first kappa shape index (κ1) is 23.1.